The van der Waals surface area contributed by atoms with Crippen LogP contribution in [0, 0.1) is 0 Å². The molecule has 2 heterocycles. The second-order valence-electron chi connectivity index (χ2n) is 6.10. The van der Waals surface area contributed by atoms with Crippen molar-refractivity contribution >= 4 is 17.2 Å². The molecule has 0 aliphatic carbocycles. The molecular weight excluding hydrogens is 280 g/mol. The monoisotopic (exact) mass is 304 g/mol. The van der Waals surface area contributed by atoms with Gasteiger partial charge in [0.1, 0.15) is 11.6 Å². The van der Waals surface area contributed by atoms with E-state index in [-0.39, 0.29) is 5.41 Å². The van der Waals surface area contributed by atoms with Crippen LogP contribution in [-0.2, 0) is 18.3 Å². The number of nitrogens with zero attached hydrogens (tertiary/aromatic N) is 3. The molecule has 0 bridgehead atoms. The van der Waals surface area contributed by atoms with E-state index in [9.17, 15) is 0 Å². The zero-order valence-corrected chi connectivity index (χ0v) is 14.3. The highest BCUT2D eigenvalue weighted by atomic mass is 32.1. The Hall–Kier alpha value is -1.49. The van der Waals surface area contributed by atoms with Crippen LogP contribution in [0.25, 0.3) is 0 Å². The van der Waals surface area contributed by atoms with Crippen molar-refractivity contribution in [1.82, 2.24) is 15.0 Å². The Morgan fingerprint density at radius 3 is 2.48 bits per heavy atom. The lowest BCUT2D eigenvalue weighted by Crippen LogP contribution is -2.11. The first kappa shape index (κ1) is 15.9. The largest absolute Gasteiger partial charge is 0.370 e. The van der Waals surface area contributed by atoms with Crippen LogP contribution in [0.3, 0.4) is 0 Å². The minimum atomic E-state index is 0.101. The van der Waals surface area contributed by atoms with E-state index in [0.29, 0.717) is 0 Å². The Morgan fingerprint density at radius 2 is 1.90 bits per heavy atom. The molecule has 0 aromatic carbocycles. The van der Waals surface area contributed by atoms with Gasteiger partial charge in [-0.25, -0.2) is 15.0 Å². The lowest BCUT2D eigenvalue weighted by Gasteiger charge is -2.14. The third kappa shape index (κ3) is 4.24. The van der Waals surface area contributed by atoms with E-state index in [4.69, 9.17) is 4.98 Å². The Balaban J connectivity index is 2.22. The number of aryl methyl sites for hydroxylation is 1. The van der Waals surface area contributed by atoms with Crippen LogP contribution >= 0.6 is 11.3 Å². The number of aromatic nitrogens is 3. The molecule has 0 aliphatic heterocycles. The summed E-state index contributed by atoms with van der Waals surface area (Å²) in [5.74, 6) is 1.79. The van der Waals surface area contributed by atoms with Gasteiger partial charge in [0, 0.05) is 36.2 Å². The second-order valence-corrected chi connectivity index (χ2v) is 7.04. The fraction of sp³-hybridized carbons (Fsp3) is 0.562. The predicted molar refractivity (Wildman–Crippen MR) is 89.2 cm³/mol. The first-order valence-corrected chi connectivity index (χ1v) is 8.36. The summed E-state index contributed by atoms with van der Waals surface area (Å²) in [6, 6.07) is 2.03. The summed E-state index contributed by atoms with van der Waals surface area (Å²) in [7, 11) is 0. The maximum atomic E-state index is 4.75. The van der Waals surface area contributed by atoms with E-state index >= 15 is 0 Å². The average Bonchev–Trinajstić information content (AvgIpc) is 2.87. The molecule has 0 atom stereocenters. The van der Waals surface area contributed by atoms with Gasteiger partial charge in [0.15, 0.2) is 0 Å². The van der Waals surface area contributed by atoms with Crippen molar-refractivity contribution in [2.45, 2.75) is 52.9 Å². The van der Waals surface area contributed by atoms with E-state index in [1.54, 1.807) is 11.3 Å². The molecular formula is C16H24N4S. The zero-order chi connectivity index (χ0) is 15.5. The van der Waals surface area contributed by atoms with Crippen molar-refractivity contribution in [1.29, 1.82) is 0 Å². The molecule has 1 N–H and O–H groups in total. The SMILES string of the molecule is CCNc1cc(Cc2nc(C(C)(C)C)cs2)nc(CC)n1. The van der Waals surface area contributed by atoms with Gasteiger partial charge in [0.05, 0.1) is 16.4 Å². The molecule has 114 valence electrons. The van der Waals surface area contributed by atoms with E-state index < -0.39 is 0 Å². The third-order valence-corrected chi connectivity index (χ3v) is 4.00. The summed E-state index contributed by atoms with van der Waals surface area (Å²) < 4.78 is 0. The van der Waals surface area contributed by atoms with E-state index in [1.165, 1.54) is 0 Å². The zero-order valence-electron chi connectivity index (χ0n) is 13.5. The van der Waals surface area contributed by atoms with Gasteiger partial charge in [-0.15, -0.1) is 11.3 Å². The third-order valence-electron chi connectivity index (χ3n) is 3.15. The highest BCUT2D eigenvalue weighted by molar-refractivity contribution is 7.09. The van der Waals surface area contributed by atoms with E-state index in [0.717, 1.165) is 47.4 Å². The molecule has 4 nitrogen and oxygen atoms in total. The maximum Gasteiger partial charge on any atom is 0.130 e. The number of hydrogen-bond donors (Lipinski definition) is 1. The average molecular weight is 304 g/mol. The summed E-state index contributed by atoms with van der Waals surface area (Å²) >= 11 is 1.71. The summed E-state index contributed by atoms with van der Waals surface area (Å²) in [6.07, 6.45) is 1.62. The van der Waals surface area contributed by atoms with Gasteiger partial charge in [0.25, 0.3) is 0 Å². The maximum absolute atomic E-state index is 4.75. The van der Waals surface area contributed by atoms with Crippen LogP contribution in [0.1, 0.15) is 56.8 Å². The van der Waals surface area contributed by atoms with E-state index in [1.807, 2.05) is 6.07 Å². The quantitative estimate of drug-likeness (QED) is 0.912. The van der Waals surface area contributed by atoms with Crippen molar-refractivity contribution in [3.05, 3.63) is 33.7 Å². The van der Waals surface area contributed by atoms with Crippen molar-refractivity contribution < 1.29 is 0 Å². The summed E-state index contributed by atoms with van der Waals surface area (Å²) in [5.41, 5.74) is 2.29. The standard InChI is InChI=1S/C16H24N4S/c1-6-13-18-11(8-14(20-13)17-7-2)9-15-19-12(10-21-15)16(3,4)5/h8,10H,6-7,9H2,1-5H3,(H,17,18,20). The Labute approximate surface area is 131 Å². The topological polar surface area (TPSA) is 50.7 Å². The van der Waals surface area contributed by atoms with E-state index in [2.05, 4.69) is 55.3 Å². The molecule has 2 aromatic heterocycles. The Bertz CT molecular complexity index is 599. The minimum absolute atomic E-state index is 0.101. The Morgan fingerprint density at radius 1 is 1.14 bits per heavy atom. The van der Waals surface area contributed by atoms with Gasteiger partial charge < -0.3 is 5.32 Å². The van der Waals surface area contributed by atoms with Crippen LogP contribution < -0.4 is 5.32 Å². The highest BCUT2D eigenvalue weighted by Crippen LogP contribution is 2.25. The number of rotatable bonds is 5. The van der Waals surface area contributed by atoms with Gasteiger partial charge in [-0.3, -0.25) is 0 Å². The summed E-state index contributed by atoms with van der Waals surface area (Å²) in [5, 5.41) is 6.54. The smallest absolute Gasteiger partial charge is 0.130 e. The van der Waals surface area contributed by atoms with Gasteiger partial charge >= 0.3 is 0 Å². The van der Waals surface area contributed by atoms with Crippen LogP contribution in [0.4, 0.5) is 5.82 Å². The van der Waals surface area contributed by atoms with Gasteiger partial charge in [0.2, 0.25) is 0 Å². The number of anilines is 1. The number of thiazole rings is 1. The van der Waals surface area contributed by atoms with Crippen molar-refractivity contribution in [2.75, 3.05) is 11.9 Å². The van der Waals surface area contributed by atoms with Crippen LogP contribution in [0.2, 0.25) is 0 Å². The molecule has 0 unspecified atom stereocenters. The first-order chi connectivity index (χ1) is 9.92. The molecule has 0 aliphatic rings. The van der Waals surface area contributed by atoms with Crippen molar-refractivity contribution in [3.8, 4) is 0 Å². The normalized spacial score (nSPS) is 11.7. The molecule has 0 saturated carbocycles. The van der Waals surface area contributed by atoms with Gasteiger partial charge in [-0.05, 0) is 6.92 Å². The molecule has 0 radical (unpaired) electrons. The molecule has 21 heavy (non-hydrogen) atoms. The lowest BCUT2D eigenvalue weighted by atomic mass is 9.93. The second kappa shape index (κ2) is 6.52. The van der Waals surface area contributed by atoms with Crippen molar-refractivity contribution in [3.63, 3.8) is 0 Å². The number of nitrogens with one attached hydrogen (secondary N) is 1. The molecule has 0 amide bonds. The fourth-order valence-corrected chi connectivity index (χ4v) is 3.00. The van der Waals surface area contributed by atoms with Crippen LogP contribution in [-0.4, -0.2) is 21.5 Å². The summed E-state index contributed by atoms with van der Waals surface area (Å²) in [4.78, 5) is 13.9. The molecule has 5 heteroatoms. The molecule has 0 fully saturated rings. The first-order valence-electron chi connectivity index (χ1n) is 7.48. The summed E-state index contributed by atoms with van der Waals surface area (Å²) in [6.45, 7) is 11.6. The van der Waals surface area contributed by atoms with Crippen LogP contribution in [0.5, 0.6) is 0 Å². The minimum Gasteiger partial charge on any atom is -0.370 e. The molecule has 0 saturated heterocycles. The van der Waals surface area contributed by atoms with Crippen LogP contribution in [0.15, 0.2) is 11.4 Å². The number of hydrogen-bond acceptors (Lipinski definition) is 5. The molecule has 2 aromatic rings. The van der Waals surface area contributed by atoms with Gasteiger partial charge in [-0.2, -0.15) is 0 Å². The molecule has 2 rings (SSSR count). The lowest BCUT2D eigenvalue weighted by molar-refractivity contribution is 0.571. The van der Waals surface area contributed by atoms with Crippen molar-refractivity contribution in [2.24, 2.45) is 0 Å². The predicted octanol–water partition coefficient (Wildman–Crippen LogP) is 3.82. The Kier molecular flexibility index (Phi) is 4.93. The highest BCUT2D eigenvalue weighted by Gasteiger charge is 2.17. The molecule has 0 spiro atoms. The fourth-order valence-electron chi connectivity index (χ4n) is 1.96. The van der Waals surface area contributed by atoms with Gasteiger partial charge in [-0.1, -0.05) is 27.7 Å².